The Morgan fingerprint density at radius 1 is 1.50 bits per heavy atom. The molecule has 0 aliphatic rings. The van der Waals surface area contributed by atoms with Gasteiger partial charge in [-0.1, -0.05) is 12.1 Å². The summed E-state index contributed by atoms with van der Waals surface area (Å²) in [5.41, 5.74) is 1.73. The van der Waals surface area contributed by atoms with Gasteiger partial charge in [-0.25, -0.2) is 0 Å². The van der Waals surface area contributed by atoms with E-state index in [4.69, 9.17) is 4.55 Å². The van der Waals surface area contributed by atoms with Gasteiger partial charge in [0, 0.05) is 0 Å². The lowest BCUT2D eigenvalue weighted by Gasteiger charge is -2.02. The molecule has 4 heteroatoms. The fourth-order valence-corrected chi connectivity index (χ4v) is 1.49. The van der Waals surface area contributed by atoms with Gasteiger partial charge in [0.1, 0.15) is 0 Å². The monoisotopic (exact) mass is 186 g/mol. The largest absolute Gasteiger partial charge is 0.307 e. The number of aryl methyl sites for hydroxylation is 1. The van der Waals surface area contributed by atoms with Crippen molar-refractivity contribution >= 4 is 16.1 Å². The molecule has 1 aromatic carbocycles. The van der Waals surface area contributed by atoms with Gasteiger partial charge in [0.2, 0.25) is 0 Å². The summed E-state index contributed by atoms with van der Waals surface area (Å²) in [6.45, 7) is 1.93. The van der Waals surface area contributed by atoms with Crippen molar-refractivity contribution < 1.29 is 8.76 Å². The summed E-state index contributed by atoms with van der Waals surface area (Å²) in [5.74, 6) is 0. The molecule has 1 unspecified atom stereocenters. The lowest BCUT2D eigenvalue weighted by atomic mass is 10.2. The number of nitrogens with one attached hydrogen (secondary N) is 1. The number of hydrogen-bond donors (Lipinski definition) is 2. The minimum atomic E-state index is -2.89. The minimum absolute atomic E-state index is 0.671. The first-order valence-electron chi connectivity index (χ1n) is 3.53. The van der Waals surface area contributed by atoms with Gasteiger partial charge in [0.05, 0.1) is 5.69 Å². The van der Waals surface area contributed by atoms with Crippen LogP contribution in [-0.2, 0) is 14.6 Å². The maximum atomic E-state index is 10.9. The quantitative estimate of drug-likeness (QED) is 0.693. The van der Waals surface area contributed by atoms with Crippen LogP contribution < -0.4 is 4.72 Å². The predicted octanol–water partition coefficient (Wildman–Crippen LogP) is 1.92. The zero-order valence-corrected chi connectivity index (χ0v) is 7.89. The highest BCUT2D eigenvalue weighted by Gasteiger charge is 2.14. The van der Waals surface area contributed by atoms with Crippen molar-refractivity contribution in [3.63, 3.8) is 0 Å². The maximum Gasteiger partial charge on any atom is 0.307 e. The Morgan fingerprint density at radius 2 is 2.17 bits per heavy atom. The van der Waals surface area contributed by atoms with Crippen LogP contribution in [0.5, 0.6) is 0 Å². The van der Waals surface area contributed by atoms with Crippen molar-refractivity contribution in [1.29, 1.82) is 0 Å². The second-order valence-corrected chi connectivity index (χ2v) is 4.58. The van der Waals surface area contributed by atoms with Gasteiger partial charge < -0.3 is 0 Å². The molecule has 0 spiro atoms. The van der Waals surface area contributed by atoms with Gasteiger partial charge in [-0.05, 0) is 28.8 Å². The average Bonchev–Trinajstić information content (AvgIpc) is 1.82. The van der Waals surface area contributed by atoms with Crippen LogP contribution >= 0.6 is 0 Å². The van der Waals surface area contributed by atoms with Crippen molar-refractivity contribution in [2.24, 2.45) is 0 Å². The molecular formula is C8H12NO2S+. The van der Waals surface area contributed by atoms with Crippen LogP contribution in [0.4, 0.5) is 5.69 Å². The molecule has 0 fully saturated rings. The third-order valence-corrected chi connectivity index (χ3v) is 1.94. The lowest BCUT2D eigenvalue weighted by Crippen LogP contribution is -2.17. The molecule has 0 aromatic heterocycles. The molecule has 0 radical (unpaired) electrons. The number of benzene rings is 1. The van der Waals surface area contributed by atoms with E-state index < -0.39 is 10.4 Å². The highest BCUT2D eigenvalue weighted by atomic mass is 32.3. The lowest BCUT2D eigenvalue weighted by molar-refractivity contribution is 0.509. The van der Waals surface area contributed by atoms with E-state index in [-0.39, 0.29) is 0 Å². The van der Waals surface area contributed by atoms with Crippen LogP contribution in [0.3, 0.4) is 0 Å². The number of anilines is 1. The Labute approximate surface area is 73.2 Å². The summed E-state index contributed by atoms with van der Waals surface area (Å²) >= 11 is 0. The molecule has 1 aromatic rings. The summed E-state index contributed by atoms with van der Waals surface area (Å²) in [6, 6.07) is 7.34. The van der Waals surface area contributed by atoms with E-state index in [1.807, 2.05) is 25.1 Å². The second kappa shape index (κ2) is 3.25. The Morgan fingerprint density at radius 3 is 2.67 bits per heavy atom. The first kappa shape index (κ1) is 9.22. The second-order valence-electron chi connectivity index (χ2n) is 2.77. The standard InChI is InChI=1S/C8H11NO2S/c1-7-4-3-5-8(6-7)9-12(2,10)11/h3-6H,1-2H3,(H-,9,10,11)/p+1. The van der Waals surface area contributed by atoms with Gasteiger partial charge in [0.25, 0.3) is 0 Å². The van der Waals surface area contributed by atoms with Gasteiger partial charge in [0.15, 0.2) is 6.26 Å². The molecule has 66 valence electrons. The molecule has 1 rings (SSSR count). The van der Waals surface area contributed by atoms with Gasteiger partial charge in [-0.2, -0.15) is 9.27 Å². The molecule has 0 saturated carbocycles. The molecule has 0 bridgehead atoms. The third-order valence-electron chi connectivity index (χ3n) is 1.33. The summed E-state index contributed by atoms with van der Waals surface area (Å²) in [4.78, 5) is 0. The molecule has 0 aliphatic carbocycles. The molecule has 0 heterocycles. The molecule has 0 aliphatic heterocycles. The predicted molar refractivity (Wildman–Crippen MR) is 51.4 cm³/mol. The van der Waals surface area contributed by atoms with Gasteiger partial charge in [-0.3, -0.25) is 0 Å². The molecule has 0 amide bonds. The zero-order valence-electron chi connectivity index (χ0n) is 7.07. The van der Waals surface area contributed by atoms with Crippen molar-refractivity contribution in [2.45, 2.75) is 6.92 Å². The summed E-state index contributed by atoms with van der Waals surface area (Å²) in [6.07, 6.45) is 1.25. The fourth-order valence-electron chi connectivity index (χ4n) is 0.927. The molecule has 0 saturated heterocycles. The minimum Gasteiger partial charge on any atom is -0.179 e. The third kappa shape index (κ3) is 3.02. The average molecular weight is 186 g/mol. The highest BCUT2D eigenvalue weighted by Crippen LogP contribution is 2.11. The topological polar surface area (TPSA) is 49.3 Å². The van der Waals surface area contributed by atoms with E-state index >= 15 is 0 Å². The fraction of sp³-hybridized carbons (Fsp3) is 0.250. The zero-order chi connectivity index (χ0) is 9.19. The normalized spacial score (nSPS) is 15.2. The first-order chi connectivity index (χ1) is 5.47. The highest BCUT2D eigenvalue weighted by molar-refractivity contribution is 7.98. The SMILES string of the molecule is Cc1cccc(N[S+](C)(=O)O)c1. The summed E-state index contributed by atoms with van der Waals surface area (Å²) in [5, 5.41) is 0. The molecular weight excluding hydrogens is 174 g/mol. The van der Waals surface area contributed by atoms with E-state index in [1.165, 1.54) is 6.26 Å². The van der Waals surface area contributed by atoms with Crippen molar-refractivity contribution in [2.75, 3.05) is 11.0 Å². The smallest absolute Gasteiger partial charge is 0.179 e. The van der Waals surface area contributed by atoms with Gasteiger partial charge >= 0.3 is 10.4 Å². The molecule has 3 nitrogen and oxygen atoms in total. The van der Waals surface area contributed by atoms with E-state index in [9.17, 15) is 4.21 Å². The Kier molecular flexibility index (Phi) is 2.49. The molecule has 1 atom stereocenters. The van der Waals surface area contributed by atoms with E-state index in [0.29, 0.717) is 5.69 Å². The van der Waals surface area contributed by atoms with E-state index in [0.717, 1.165) is 5.56 Å². The summed E-state index contributed by atoms with van der Waals surface area (Å²) < 4.78 is 22.4. The first-order valence-corrected chi connectivity index (χ1v) is 5.46. The Hall–Kier alpha value is -0.870. The van der Waals surface area contributed by atoms with Crippen LogP contribution in [0.25, 0.3) is 0 Å². The van der Waals surface area contributed by atoms with Crippen molar-refractivity contribution in [3.8, 4) is 0 Å². The van der Waals surface area contributed by atoms with Crippen LogP contribution in [-0.4, -0.2) is 10.8 Å². The van der Waals surface area contributed by atoms with Crippen molar-refractivity contribution in [3.05, 3.63) is 29.8 Å². The Bertz CT molecular complexity index is 319. The van der Waals surface area contributed by atoms with Crippen LogP contribution in [0, 0.1) is 6.92 Å². The van der Waals surface area contributed by atoms with Crippen LogP contribution in [0.2, 0.25) is 0 Å². The van der Waals surface area contributed by atoms with Crippen LogP contribution in [0.1, 0.15) is 5.56 Å². The molecule has 12 heavy (non-hydrogen) atoms. The maximum absolute atomic E-state index is 10.9. The van der Waals surface area contributed by atoms with Gasteiger partial charge in [-0.15, -0.1) is 0 Å². The van der Waals surface area contributed by atoms with E-state index in [2.05, 4.69) is 4.72 Å². The number of rotatable bonds is 2. The van der Waals surface area contributed by atoms with Crippen molar-refractivity contribution in [1.82, 2.24) is 0 Å². The van der Waals surface area contributed by atoms with Crippen LogP contribution in [0.15, 0.2) is 24.3 Å². The van der Waals surface area contributed by atoms with E-state index in [1.54, 1.807) is 6.07 Å². The summed E-state index contributed by atoms with van der Waals surface area (Å²) in [7, 11) is -2.89. The molecule has 2 N–H and O–H groups in total. The number of hydrogen-bond acceptors (Lipinski definition) is 1. The Balaban J connectivity index is 2.84.